The van der Waals surface area contributed by atoms with Gasteiger partial charge in [0.05, 0.1) is 16.3 Å². The number of aryl methyl sites for hydroxylation is 1. The number of anilines is 1. The zero-order chi connectivity index (χ0) is 15.0. The molecule has 3 rings (SSSR count). The van der Waals surface area contributed by atoms with Crippen LogP contribution in [-0.2, 0) is 11.2 Å². The van der Waals surface area contributed by atoms with Crippen molar-refractivity contribution < 1.29 is 9.59 Å². The summed E-state index contributed by atoms with van der Waals surface area (Å²) >= 11 is 6.08. The topological polar surface area (TPSA) is 37.4 Å². The summed E-state index contributed by atoms with van der Waals surface area (Å²) in [6.07, 6.45) is 0.700. The van der Waals surface area contributed by atoms with Crippen molar-refractivity contribution in [3.63, 3.8) is 0 Å². The lowest BCUT2D eigenvalue weighted by Gasteiger charge is -2.18. The van der Waals surface area contributed by atoms with E-state index in [4.69, 9.17) is 11.6 Å². The van der Waals surface area contributed by atoms with E-state index in [0.29, 0.717) is 29.2 Å². The minimum absolute atomic E-state index is 0.342. The van der Waals surface area contributed by atoms with E-state index in [0.717, 1.165) is 11.1 Å². The van der Waals surface area contributed by atoms with Crippen LogP contribution >= 0.6 is 11.6 Å². The smallest absolute Gasteiger partial charge is 0.299 e. The average Bonchev–Trinajstić information content (AvgIpc) is 2.75. The van der Waals surface area contributed by atoms with Crippen molar-refractivity contribution in [3.05, 3.63) is 64.2 Å². The number of benzene rings is 2. The maximum atomic E-state index is 12.2. The number of nitrogens with zero attached hydrogens (tertiary/aromatic N) is 1. The monoisotopic (exact) mass is 299 g/mol. The highest BCUT2D eigenvalue weighted by Crippen LogP contribution is 2.37. The normalized spacial score (nSPS) is 13.7. The summed E-state index contributed by atoms with van der Waals surface area (Å²) in [6, 6.07) is 13.4. The summed E-state index contributed by atoms with van der Waals surface area (Å²) in [4.78, 5) is 25.9. The Morgan fingerprint density at radius 2 is 1.76 bits per heavy atom. The Labute approximate surface area is 128 Å². The highest BCUT2D eigenvalue weighted by molar-refractivity contribution is 6.55. The summed E-state index contributed by atoms with van der Waals surface area (Å²) in [5.41, 5.74) is 3.02. The van der Waals surface area contributed by atoms with Crippen LogP contribution in [0.5, 0.6) is 0 Å². The summed E-state index contributed by atoms with van der Waals surface area (Å²) in [7, 11) is 0. The fourth-order valence-electron chi connectivity index (χ4n) is 2.66. The first-order valence-electron chi connectivity index (χ1n) is 6.79. The van der Waals surface area contributed by atoms with E-state index in [9.17, 15) is 9.59 Å². The molecular weight excluding hydrogens is 286 g/mol. The molecule has 0 N–H and O–H groups in total. The van der Waals surface area contributed by atoms with Gasteiger partial charge in [0.15, 0.2) is 0 Å². The summed E-state index contributed by atoms with van der Waals surface area (Å²) < 4.78 is 0. The third-order valence-corrected chi connectivity index (χ3v) is 4.05. The van der Waals surface area contributed by atoms with Crippen molar-refractivity contribution in [1.29, 1.82) is 0 Å². The van der Waals surface area contributed by atoms with Crippen LogP contribution in [0.2, 0.25) is 5.02 Å². The number of carbonyl (C=O) groups excluding carboxylic acids is 2. The zero-order valence-corrected chi connectivity index (χ0v) is 12.4. The number of carbonyl (C=O) groups is 2. The molecule has 0 atom stereocenters. The SMILES string of the molecule is Cc1ccc(Cl)c2c1N(CCc1ccccc1)C(=O)C2=O. The predicted molar refractivity (Wildman–Crippen MR) is 83.0 cm³/mol. The van der Waals surface area contributed by atoms with Crippen LogP contribution in [0, 0.1) is 6.92 Å². The van der Waals surface area contributed by atoms with Gasteiger partial charge in [0.2, 0.25) is 0 Å². The van der Waals surface area contributed by atoms with Crippen LogP contribution in [0.1, 0.15) is 21.5 Å². The molecule has 1 amide bonds. The quantitative estimate of drug-likeness (QED) is 0.814. The van der Waals surface area contributed by atoms with E-state index in [1.54, 1.807) is 11.0 Å². The van der Waals surface area contributed by atoms with Crippen molar-refractivity contribution in [2.75, 3.05) is 11.4 Å². The van der Waals surface area contributed by atoms with E-state index in [2.05, 4.69) is 0 Å². The molecule has 106 valence electrons. The number of amides is 1. The molecule has 0 radical (unpaired) electrons. The third-order valence-electron chi connectivity index (χ3n) is 3.73. The first kappa shape index (κ1) is 13.8. The molecule has 2 aromatic rings. The van der Waals surface area contributed by atoms with Gasteiger partial charge >= 0.3 is 0 Å². The van der Waals surface area contributed by atoms with E-state index >= 15 is 0 Å². The molecule has 0 aromatic heterocycles. The number of halogens is 1. The second-order valence-corrected chi connectivity index (χ2v) is 5.52. The molecule has 1 aliphatic rings. The largest absolute Gasteiger partial charge is 0.304 e. The molecule has 0 saturated carbocycles. The van der Waals surface area contributed by atoms with Crippen molar-refractivity contribution in [2.45, 2.75) is 13.3 Å². The highest BCUT2D eigenvalue weighted by Gasteiger charge is 2.38. The van der Waals surface area contributed by atoms with Gasteiger partial charge in [-0.1, -0.05) is 48.0 Å². The third kappa shape index (κ3) is 2.34. The molecule has 1 heterocycles. The van der Waals surface area contributed by atoms with E-state index in [1.807, 2.05) is 43.3 Å². The molecule has 0 saturated heterocycles. The molecule has 4 heteroatoms. The standard InChI is InChI=1S/C17H14ClNO2/c1-11-7-8-13(18)14-15(11)19(17(21)16(14)20)10-9-12-5-3-2-4-6-12/h2-8H,9-10H2,1H3. The number of fused-ring (bicyclic) bond motifs is 1. The van der Waals surface area contributed by atoms with Crippen LogP contribution in [0.25, 0.3) is 0 Å². The van der Waals surface area contributed by atoms with Gasteiger partial charge in [-0.2, -0.15) is 0 Å². The maximum absolute atomic E-state index is 12.2. The van der Waals surface area contributed by atoms with Gasteiger partial charge < -0.3 is 4.90 Å². The summed E-state index contributed by atoms with van der Waals surface area (Å²) in [6.45, 7) is 2.36. The molecule has 0 fully saturated rings. The molecule has 0 unspecified atom stereocenters. The predicted octanol–water partition coefficient (Wildman–Crippen LogP) is 3.42. The lowest BCUT2D eigenvalue weighted by Crippen LogP contribution is -2.32. The molecule has 1 aliphatic heterocycles. The minimum Gasteiger partial charge on any atom is -0.304 e. The average molecular weight is 300 g/mol. The van der Waals surface area contributed by atoms with Gasteiger partial charge in [-0.15, -0.1) is 0 Å². The second-order valence-electron chi connectivity index (χ2n) is 5.11. The number of hydrogen-bond acceptors (Lipinski definition) is 2. The number of ketones is 1. The molecule has 0 aliphatic carbocycles. The van der Waals surface area contributed by atoms with Crippen LogP contribution < -0.4 is 4.90 Å². The van der Waals surface area contributed by atoms with Crippen LogP contribution in [0.3, 0.4) is 0 Å². The van der Waals surface area contributed by atoms with Crippen LogP contribution in [0.15, 0.2) is 42.5 Å². The first-order chi connectivity index (χ1) is 10.1. The van der Waals surface area contributed by atoms with E-state index in [1.165, 1.54) is 0 Å². The lowest BCUT2D eigenvalue weighted by atomic mass is 10.1. The Morgan fingerprint density at radius 3 is 2.48 bits per heavy atom. The molecular formula is C17H14ClNO2. The maximum Gasteiger partial charge on any atom is 0.299 e. The minimum atomic E-state index is -0.508. The van der Waals surface area contributed by atoms with Crippen LogP contribution in [0.4, 0.5) is 5.69 Å². The summed E-state index contributed by atoms with van der Waals surface area (Å²) in [5, 5.41) is 0.344. The van der Waals surface area contributed by atoms with Crippen molar-refractivity contribution in [2.24, 2.45) is 0 Å². The van der Waals surface area contributed by atoms with Gasteiger partial charge in [0.1, 0.15) is 0 Å². The Kier molecular flexibility index (Phi) is 3.52. The van der Waals surface area contributed by atoms with Gasteiger partial charge in [-0.3, -0.25) is 9.59 Å². The van der Waals surface area contributed by atoms with E-state index in [-0.39, 0.29) is 0 Å². The highest BCUT2D eigenvalue weighted by atomic mass is 35.5. The van der Waals surface area contributed by atoms with Crippen LogP contribution in [-0.4, -0.2) is 18.2 Å². The van der Waals surface area contributed by atoms with Gasteiger partial charge in [-0.25, -0.2) is 0 Å². The zero-order valence-electron chi connectivity index (χ0n) is 11.6. The van der Waals surface area contributed by atoms with Crippen molar-refractivity contribution in [3.8, 4) is 0 Å². The fourth-order valence-corrected chi connectivity index (χ4v) is 2.90. The lowest BCUT2D eigenvalue weighted by molar-refractivity contribution is -0.114. The van der Waals surface area contributed by atoms with Gasteiger partial charge in [0.25, 0.3) is 11.7 Å². The fraction of sp³-hybridized carbons (Fsp3) is 0.176. The van der Waals surface area contributed by atoms with Crippen molar-refractivity contribution in [1.82, 2.24) is 0 Å². The van der Waals surface area contributed by atoms with Crippen molar-refractivity contribution >= 4 is 29.0 Å². The first-order valence-corrected chi connectivity index (χ1v) is 7.16. The second kappa shape index (κ2) is 5.34. The molecule has 0 spiro atoms. The number of hydrogen-bond donors (Lipinski definition) is 0. The number of Topliss-reactive ketones (excluding diaryl/α,β-unsaturated/α-hetero) is 1. The Hall–Kier alpha value is -2.13. The molecule has 2 aromatic carbocycles. The van der Waals surface area contributed by atoms with Gasteiger partial charge in [0, 0.05) is 6.54 Å². The van der Waals surface area contributed by atoms with E-state index < -0.39 is 11.7 Å². The van der Waals surface area contributed by atoms with Gasteiger partial charge in [-0.05, 0) is 30.5 Å². The summed E-state index contributed by atoms with van der Waals surface area (Å²) in [5.74, 6) is -0.996. The molecule has 21 heavy (non-hydrogen) atoms. The Morgan fingerprint density at radius 1 is 1.05 bits per heavy atom. The molecule has 3 nitrogen and oxygen atoms in total. The Balaban J connectivity index is 1.93. The number of rotatable bonds is 3. The molecule has 0 bridgehead atoms. The Bertz CT molecular complexity index is 725.